The molecule has 0 saturated carbocycles. The van der Waals surface area contributed by atoms with E-state index in [-0.39, 0.29) is 16.3 Å². The Labute approximate surface area is 203 Å². The molecular formula is C17H29Cl3NO4S3Si+. The summed E-state index contributed by atoms with van der Waals surface area (Å²) in [5.74, 6) is 0.211. The Morgan fingerprint density at radius 2 is 1.86 bits per heavy atom. The summed E-state index contributed by atoms with van der Waals surface area (Å²) in [6, 6.07) is 0. The van der Waals surface area contributed by atoms with Gasteiger partial charge in [-0.3, -0.25) is 4.79 Å². The van der Waals surface area contributed by atoms with Crippen molar-refractivity contribution < 1.29 is 19.1 Å². The van der Waals surface area contributed by atoms with E-state index in [2.05, 4.69) is 46.5 Å². The molecule has 0 spiro atoms. The fraction of sp³-hybridized carbons (Fsp3) is 0.824. The molecule has 0 aromatic heterocycles. The Bertz CT molecular complexity index is 655. The second-order valence-electron chi connectivity index (χ2n) is 8.39. The van der Waals surface area contributed by atoms with Crippen LogP contribution in [-0.2, 0) is 25.2 Å². The number of rotatable bonds is 6. The standard InChI is InChI=1S/C17H28Cl3NO4S3Si/c1-8-28(15(26)27)13-11(10(2)25-14(23)24-9-17(18,19)20)12(22)21(13)29(6,7)16(3,4)5/h10-11,13H,8-9H2,1-7H3/p+1. The second-order valence-corrected chi connectivity index (χ2v) is 20.1. The Kier molecular flexibility index (Phi) is 9.58. The van der Waals surface area contributed by atoms with Crippen LogP contribution in [0, 0.1) is 5.92 Å². The van der Waals surface area contributed by atoms with Crippen molar-refractivity contribution in [3.63, 3.8) is 0 Å². The fourth-order valence-corrected chi connectivity index (χ4v) is 9.74. The van der Waals surface area contributed by atoms with Gasteiger partial charge in [-0.2, -0.15) is 0 Å². The molecule has 4 atom stereocenters. The minimum atomic E-state index is -2.17. The lowest BCUT2D eigenvalue weighted by atomic mass is 9.95. The van der Waals surface area contributed by atoms with Crippen LogP contribution in [0.4, 0.5) is 4.79 Å². The number of hydrogen-bond donors (Lipinski definition) is 1. The van der Waals surface area contributed by atoms with E-state index in [1.165, 1.54) is 0 Å². The van der Waals surface area contributed by atoms with Gasteiger partial charge in [0.15, 0.2) is 8.24 Å². The van der Waals surface area contributed by atoms with Crippen LogP contribution in [0.2, 0.25) is 18.1 Å². The molecule has 1 aliphatic heterocycles. The van der Waals surface area contributed by atoms with Crippen LogP contribution in [0.5, 0.6) is 0 Å². The molecule has 4 unspecified atom stereocenters. The molecule has 1 rings (SSSR count). The summed E-state index contributed by atoms with van der Waals surface area (Å²) >= 11 is 26.6. The zero-order chi connectivity index (χ0) is 22.9. The largest absolute Gasteiger partial charge is 0.508 e. The Morgan fingerprint density at radius 3 is 2.24 bits per heavy atom. The van der Waals surface area contributed by atoms with Crippen molar-refractivity contribution >= 4 is 94.4 Å². The van der Waals surface area contributed by atoms with E-state index in [1.54, 1.807) is 6.92 Å². The zero-order valence-corrected chi connectivity index (χ0v) is 23.4. The van der Waals surface area contributed by atoms with Crippen LogP contribution in [-0.4, -0.2) is 56.0 Å². The predicted octanol–water partition coefficient (Wildman–Crippen LogP) is 5.54. The summed E-state index contributed by atoms with van der Waals surface area (Å²) in [6.07, 6.45) is -1.69. The molecule has 1 heterocycles. The predicted molar refractivity (Wildman–Crippen MR) is 133 cm³/mol. The van der Waals surface area contributed by atoms with Crippen molar-refractivity contribution in [1.82, 2.24) is 4.57 Å². The highest BCUT2D eigenvalue weighted by atomic mass is 35.6. The molecular weight excluding hydrogens is 513 g/mol. The van der Waals surface area contributed by atoms with Gasteiger partial charge in [-0.05, 0) is 31.1 Å². The lowest BCUT2D eigenvalue weighted by molar-refractivity contribution is -0.150. The quantitative estimate of drug-likeness (QED) is 0.0910. The minimum absolute atomic E-state index is 0.0289. The molecule has 0 aromatic carbocycles. The highest BCUT2D eigenvalue weighted by Gasteiger charge is 2.66. The van der Waals surface area contributed by atoms with Crippen molar-refractivity contribution in [1.29, 1.82) is 0 Å². The number of alkyl halides is 3. The smallest absolute Gasteiger partial charge is 0.430 e. The molecule has 0 N–H and O–H groups in total. The molecule has 1 fully saturated rings. The SMILES string of the molecule is CC[S+](C(=S)S)C1C(C(C)OC(=O)OCC(Cl)(Cl)Cl)C(=O)N1[Si](C)(C)C(C)(C)C. The van der Waals surface area contributed by atoms with Crippen molar-refractivity contribution in [2.45, 2.75) is 68.0 Å². The average molecular weight is 542 g/mol. The van der Waals surface area contributed by atoms with Crippen molar-refractivity contribution in [3.05, 3.63) is 0 Å². The monoisotopic (exact) mass is 540 g/mol. The normalized spacial score (nSPS) is 22.6. The third-order valence-electron chi connectivity index (χ3n) is 5.49. The number of thiocarbonyl (C=S) groups is 1. The highest BCUT2D eigenvalue weighted by Crippen LogP contribution is 2.48. The molecule has 0 bridgehead atoms. The van der Waals surface area contributed by atoms with E-state index in [4.69, 9.17) is 56.5 Å². The first kappa shape index (κ1) is 27.7. The van der Waals surface area contributed by atoms with Crippen LogP contribution < -0.4 is 0 Å². The number of carbonyl (C=O) groups excluding carboxylic acids is 2. The summed E-state index contributed by atoms with van der Waals surface area (Å²) < 4.78 is 11.0. The second kappa shape index (κ2) is 10.0. The van der Waals surface area contributed by atoms with Gasteiger partial charge in [0, 0.05) is 0 Å². The molecule has 5 nitrogen and oxygen atoms in total. The van der Waals surface area contributed by atoms with E-state index >= 15 is 0 Å². The maximum Gasteiger partial charge on any atom is 0.508 e. The Balaban J connectivity index is 3.11. The Morgan fingerprint density at radius 1 is 1.34 bits per heavy atom. The van der Waals surface area contributed by atoms with Gasteiger partial charge < -0.3 is 14.0 Å². The van der Waals surface area contributed by atoms with Crippen LogP contribution in [0.25, 0.3) is 0 Å². The highest BCUT2D eigenvalue weighted by molar-refractivity contribution is 8.40. The molecule has 12 heteroatoms. The van der Waals surface area contributed by atoms with E-state index < -0.39 is 47.7 Å². The van der Waals surface area contributed by atoms with E-state index in [0.717, 1.165) is 5.75 Å². The van der Waals surface area contributed by atoms with Crippen molar-refractivity contribution in [2.75, 3.05) is 12.4 Å². The summed E-state index contributed by atoms with van der Waals surface area (Å²) in [5.41, 5.74) is 0. The van der Waals surface area contributed by atoms with Crippen LogP contribution >= 0.6 is 59.6 Å². The first-order chi connectivity index (χ1) is 13.0. The number of amides is 1. The first-order valence-corrected chi connectivity index (χ1v) is 15.5. The number of carbonyl (C=O) groups is 2. The van der Waals surface area contributed by atoms with Gasteiger partial charge in [0.2, 0.25) is 15.1 Å². The zero-order valence-electron chi connectivity index (χ0n) is 17.6. The maximum absolute atomic E-state index is 13.2. The summed E-state index contributed by atoms with van der Waals surface area (Å²) in [6.45, 7) is 14.0. The first-order valence-electron chi connectivity index (χ1n) is 9.11. The number of β-lactam (4-membered cyclic amide) rings is 1. The minimum Gasteiger partial charge on any atom is -0.430 e. The third-order valence-corrected chi connectivity index (χ3v) is 14.9. The maximum atomic E-state index is 13.2. The number of ether oxygens (including phenoxy) is 2. The molecule has 1 aliphatic rings. The molecule has 0 radical (unpaired) electrons. The number of thiol groups is 1. The van der Waals surface area contributed by atoms with E-state index in [1.807, 2.05) is 11.5 Å². The van der Waals surface area contributed by atoms with Gasteiger partial charge in [0.25, 0.3) is 3.53 Å². The van der Waals surface area contributed by atoms with Crippen LogP contribution in [0.15, 0.2) is 0 Å². The van der Waals surface area contributed by atoms with Crippen molar-refractivity contribution in [2.24, 2.45) is 5.92 Å². The van der Waals surface area contributed by atoms with Crippen molar-refractivity contribution in [3.8, 4) is 0 Å². The number of hydrogen-bond acceptors (Lipinski definition) is 5. The van der Waals surface area contributed by atoms with Gasteiger partial charge in [0.05, 0.1) is 10.9 Å². The van der Waals surface area contributed by atoms with E-state index in [9.17, 15) is 9.59 Å². The molecule has 0 aliphatic carbocycles. The van der Waals surface area contributed by atoms with Gasteiger partial charge >= 0.3 is 6.16 Å². The summed E-state index contributed by atoms with van der Waals surface area (Å²) in [5, 5.41) is -0.199. The molecule has 0 aromatic rings. The van der Waals surface area contributed by atoms with Crippen LogP contribution in [0.1, 0.15) is 34.6 Å². The lowest BCUT2D eigenvalue weighted by Gasteiger charge is -2.56. The fourth-order valence-electron chi connectivity index (χ4n) is 2.98. The number of nitrogens with zero attached hydrogens (tertiary/aromatic N) is 1. The van der Waals surface area contributed by atoms with Gasteiger partial charge in [-0.15, -0.1) is 0 Å². The van der Waals surface area contributed by atoms with Crippen LogP contribution in [0.3, 0.4) is 0 Å². The topological polar surface area (TPSA) is 55.8 Å². The number of halogens is 3. The summed E-state index contributed by atoms with van der Waals surface area (Å²) in [4.78, 5) is 25.2. The third kappa shape index (κ3) is 6.55. The Hall–Kier alpha value is 0.617. The summed E-state index contributed by atoms with van der Waals surface area (Å²) in [7, 11) is -2.58. The van der Waals surface area contributed by atoms with Gasteiger partial charge in [-0.25, -0.2) is 4.79 Å². The van der Waals surface area contributed by atoms with E-state index in [0.29, 0.717) is 3.53 Å². The van der Waals surface area contributed by atoms with Gasteiger partial charge in [-0.1, -0.05) is 81.3 Å². The lowest BCUT2D eigenvalue weighted by Crippen LogP contribution is -2.77. The molecule has 1 saturated heterocycles. The molecule has 168 valence electrons. The molecule has 1 amide bonds. The average Bonchev–Trinajstić information content (AvgIpc) is 2.50. The van der Waals surface area contributed by atoms with Gasteiger partial charge in [0.1, 0.15) is 24.4 Å². The molecule has 29 heavy (non-hydrogen) atoms.